The minimum absolute atomic E-state index is 0. The van der Waals surface area contributed by atoms with Crippen LogP contribution in [0.2, 0.25) is 0 Å². The molecule has 0 spiro atoms. The van der Waals surface area contributed by atoms with Gasteiger partial charge in [0.1, 0.15) is 0 Å². The molecule has 6 heteroatoms. The van der Waals surface area contributed by atoms with Crippen molar-refractivity contribution in [1.82, 2.24) is 9.78 Å². The highest BCUT2D eigenvalue weighted by atomic mass is 127. The van der Waals surface area contributed by atoms with Crippen LogP contribution in [-0.4, -0.2) is 15.7 Å². The number of halogens is 1. The Morgan fingerprint density at radius 2 is 2.14 bits per heavy atom. The lowest BCUT2D eigenvalue weighted by molar-refractivity contribution is 0.737. The van der Waals surface area contributed by atoms with Gasteiger partial charge in [0.05, 0.1) is 12.7 Å². The summed E-state index contributed by atoms with van der Waals surface area (Å²) in [6, 6.07) is 8.23. The number of nitrogens with one attached hydrogen (secondary N) is 1. The summed E-state index contributed by atoms with van der Waals surface area (Å²) in [5, 5.41) is 7.33. The van der Waals surface area contributed by atoms with E-state index >= 15 is 0 Å². The van der Waals surface area contributed by atoms with Crippen molar-refractivity contribution in [3.05, 3.63) is 47.3 Å². The molecule has 5 nitrogen and oxygen atoms in total. The van der Waals surface area contributed by atoms with Gasteiger partial charge in [0.2, 0.25) is 0 Å². The van der Waals surface area contributed by atoms with Crippen molar-refractivity contribution in [3.63, 3.8) is 0 Å². The molecule has 22 heavy (non-hydrogen) atoms. The highest BCUT2D eigenvalue weighted by molar-refractivity contribution is 14.0. The third kappa shape index (κ3) is 4.72. The van der Waals surface area contributed by atoms with Crippen LogP contribution >= 0.6 is 24.0 Å². The predicted molar refractivity (Wildman–Crippen MR) is 103 cm³/mol. The Morgan fingerprint density at radius 1 is 1.41 bits per heavy atom. The van der Waals surface area contributed by atoms with Crippen molar-refractivity contribution < 1.29 is 0 Å². The fourth-order valence-electron chi connectivity index (χ4n) is 2.03. The van der Waals surface area contributed by atoms with E-state index in [0.717, 1.165) is 16.9 Å². The van der Waals surface area contributed by atoms with E-state index in [1.807, 2.05) is 37.0 Å². The summed E-state index contributed by atoms with van der Waals surface area (Å²) < 4.78 is 1.83. The number of nitrogens with zero attached hydrogens (tertiary/aromatic N) is 3. The lowest BCUT2D eigenvalue weighted by atomic mass is 10.0. The summed E-state index contributed by atoms with van der Waals surface area (Å²) >= 11 is 0. The van der Waals surface area contributed by atoms with Gasteiger partial charge in [-0.1, -0.05) is 26.0 Å². The Labute approximate surface area is 149 Å². The standard InChI is InChI=1S/C16H23N5.HI/c1-11(2)13-6-5-7-15(8-13)20-16(17)18-9-14-10-19-21(4)12(14)3;/h5-8,10-11H,9H2,1-4H3,(H3,17,18,20);1H. The van der Waals surface area contributed by atoms with Crippen molar-refractivity contribution in [3.8, 4) is 0 Å². The molecular weight excluding hydrogens is 389 g/mol. The zero-order chi connectivity index (χ0) is 15.4. The molecule has 0 atom stereocenters. The number of aromatic nitrogens is 2. The average molecular weight is 413 g/mol. The van der Waals surface area contributed by atoms with Gasteiger partial charge in [-0.2, -0.15) is 5.10 Å². The second kappa shape index (κ2) is 8.17. The molecule has 3 N–H and O–H groups in total. The highest BCUT2D eigenvalue weighted by Gasteiger charge is 2.04. The molecule has 0 aliphatic carbocycles. The first-order valence-electron chi connectivity index (χ1n) is 7.11. The first-order chi connectivity index (χ1) is 9.97. The van der Waals surface area contributed by atoms with Gasteiger partial charge in [-0.25, -0.2) is 4.99 Å². The van der Waals surface area contributed by atoms with Crippen LogP contribution in [0.4, 0.5) is 5.69 Å². The molecule has 1 aromatic heterocycles. The smallest absolute Gasteiger partial charge is 0.193 e. The van der Waals surface area contributed by atoms with E-state index in [0.29, 0.717) is 18.4 Å². The van der Waals surface area contributed by atoms with E-state index in [9.17, 15) is 0 Å². The molecule has 2 aromatic rings. The maximum absolute atomic E-state index is 5.95. The second-order valence-corrected chi connectivity index (χ2v) is 5.49. The fourth-order valence-corrected chi connectivity index (χ4v) is 2.03. The third-order valence-corrected chi connectivity index (χ3v) is 3.58. The van der Waals surface area contributed by atoms with Crippen LogP contribution in [0.3, 0.4) is 0 Å². The molecule has 120 valence electrons. The number of hydrogen-bond donors (Lipinski definition) is 2. The SMILES string of the molecule is Cc1c(CN=C(N)Nc2cccc(C(C)C)c2)cnn1C.I. The van der Waals surface area contributed by atoms with Crippen molar-refractivity contribution in [2.75, 3.05) is 5.32 Å². The summed E-state index contributed by atoms with van der Waals surface area (Å²) in [7, 11) is 1.92. The van der Waals surface area contributed by atoms with Gasteiger partial charge < -0.3 is 11.1 Å². The Morgan fingerprint density at radius 3 is 2.73 bits per heavy atom. The van der Waals surface area contributed by atoms with E-state index in [2.05, 4.69) is 41.4 Å². The summed E-state index contributed by atoms with van der Waals surface area (Å²) in [4.78, 5) is 4.37. The van der Waals surface area contributed by atoms with E-state index in [-0.39, 0.29) is 24.0 Å². The molecule has 1 aromatic carbocycles. The fraction of sp³-hybridized carbons (Fsp3) is 0.375. The van der Waals surface area contributed by atoms with Gasteiger partial charge in [-0.3, -0.25) is 4.68 Å². The molecule has 0 saturated heterocycles. The lowest BCUT2D eigenvalue weighted by Gasteiger charge is -2.10. The highest BCUT2D eigenvalue weighted by Crippen LogP contribution is 2.18. The van der Waals surface area contributed by atoms with Crippen LogP contribution in [-0.2, 0) is 13.6 Å². The van der Waals surface area contributed by atoms with Crippen LogP contribution in [0.5, 0.6) is 0 Å². The van der Waals surface area contributed by atoms with Crippen LogP contribution in [0.1, 0.15) is 36.6 Å². The monoisotopic (exact) mass is 413 g/mol. The number of aryl methyl sites for hydroxylation is 1. The number of nitrogens with two attached hydrogens (primary N) is 1. The number of aliphatic imine (C=N–C) groups is 1. The minimum atomic E-state index is 0. The van der Waals surface area contributed by atoms with E-state index in [1.54, 1.807) is 0 Å². The van der Waals surface area contributed by atoms with Gasteiger partial charge >= 0.3 is 0 Å². The van der Waals surface area contributed by atoms with Gasteiger partial charge in [-0.05, 0) is 30.5 Å². The van der Waals surface area contributed by atoms with Crippen LogP contribution in [0.15, 0.2) is 35.5 Å². The molecule has 0 amide bonds. The average Bonchev–Trinajstić information content (AvgIpc) is 2.77. The zero-order valence-corrected chi connectivity index (χ0v) is 15.8. The largest absolute Gasteiger partial charge is 0.370 e. The summed E-state index contributed by atoms with van der Waals surface area (Å²) in [5.41, 5.74) is 10.4. The maximum atomic E-state index is 5.95. The number of benzene rings is 1. The minimum Gasteiger partial charge on any atom is -0.370 e. The second-order valence-electron chi connectivity index (χ2n) is 5.49. The van der Waals surface area contributed by atoms with Crippen molar-refractivity contribution in [1.29, 1.82) is 0 Å². The molecule has 0 aliphatic heterocycles. The maximum Gasteiger partial charge on any atom is 0.193 e. The van der Waals surface area contributed by atoms with E-state index in [1.165, 1.54) is 5.56 Å². The number of guanidine groups is 1. The quantitative estimate of drug-likeness (QED) is 0.459. The first-order valence-corrected chi connectivity index (χ1v) is 7.11. The van der Waals surface area contributed by atoms with Crippen molar-refractivity contribution in [2.45, 2.75) is 33.2 Å². The number of rotatable bonds is 4. The Kier molecular flexibility index (Phi) is 6.86. The number of hydrogen-bond acceptors (Lipinski definition) is 2. The van der Waals surface area contributed by atoms with E-state index < -0.39 is 0 Å². The molecule has 2 rings (SSSR count). The lowest BCUT2D eigenvalue weighted by Crippen LogP contribution is -2.22. The molecule has 0 radical (unpaired) electrons. The van der Waals surface area contributed by atoms with Gasteiger partial charge in [0.25, 0.3) is 0 Å². The van der Waals surface area contributed by atoms with Crippen LogP contribution in [0.25, 0.3) is 0 Å². The Hall–Kier alpha value is -1.57. The summed E-state index contributed by atoms with van der Waals surface area (Å²) in [6.45, 7) is 6.89. The van der Waals surface area contributed by atoms with Crippen molar-refractivity contribution >= 4 is 35.6 Å². The molecular formula is C16H24IN5. The van der Waals surface area contributed by atoms with Gasteiger partial charge in [-0.15, -0.1) is 24.0 Å². The van der Waals surface area contributed by atoms with Crippen LogP contribution < -0.4 is 11.1 Å². The molecule has 0 fully saturated rings. The summed E-state index contributed by atoms with van der Waals surface area (Å²) in [5.74, 6) is 0.905. The number of anilines is 1. The Bertz CT molecular complexity index is 646. The van der Waals surface area contributed by atoms with Crippen LogP contribution in [0, 0.1) is 6.92 Å². The normalized spacial score (nSPS) is 11.4. The topological polar surface area (TPSA) is 68.2 Å². The van der Waals surface area contributed by atoms with Crippen molar-refractivity contribution in [2.24, 2.45) is 17.8 Å². The molecule has 0 bridgehead atoms. The molecule has 1 heterocycles. The molecule has 0 saturated carbocycles. The molecule has 0 unspecified atom stereocenters. The third-order valence-electron chi connectivity index (χ3n) is 3.58. The molecule has 0 aliphatic rings. The predicted octanol–water partition coefficient (Wildman–Crippen LogP) is 3.40. The summed E-state index contributed by atoms with van der Waals surface area (Å²) in [6.07, 6.45) is 1.82. The zero-order valence-electron chi connectivity index (χ0n) is 13.5. The first kappa shape index (κ1) is 18.5. The Balaban J connectivity index is 0.00000242. The van der Waals surface area contributed by atoms with Gasteiger partial charge in [0.15, 0.2) is 5.96 Å². The van der Waals surface area contributed by atoms with E-state index in [4.69, 9.17) is 5.73 Å². The van der Waals surface area contributed by atoms with Gasteiger partial charge in [0, 0.05) is 24.0 Å².